The van der Waals surface area contributed by atoms with Crippen LogP contribution in [0.15, 0.2) is 54.5 Å². The van der Waals surface area contributed by atoms with E-state index in [1.54, 1.807) is 27.2 Å². The molecule has 0 fully saturated rings. The van der Waals surface area contributed by atoms with E-state index in [0.29, 0.717) is 5.57 Å². The van der Waals surface area contributed by atoms with Crippen LogP contribution in [0.4, 0.5) is 0 Å². The summed E-state index contributed by atoms with van der Waals surface area (Å²) in [5, 5.41) is 2.98. The molecule has 3 rings (SSSR count). The first-order valence-corrected chi connectivity index (χ1v) is 9.21. The summed E-state index contributed by atoms with van der Waals surface area (Å²) in [7, 11) is 1.62. The van der Waals surface area contributed by atoms with E-state index in [1.165, 1.54) is 0 Å². The van der Waals surface area contributed by atoms with Crippen molar-refractivity contribution in [2.45, 2.75) is 25.8 Å². The molecule has 28 heavy (non-hydrogen) atoms. The molecule has 1 N–H and O–H groups in total. The molecule has 0 spiro atoms. The predicted molar refractivity (Wildman–Crippen MR) is 103 cm³/mol. The second-order valence-electron chi connectivity index (χ2n) is 6.24. The molecule has 1 aromatic heterocycles. The highest BCUT2D eigenvalue weighted by molar-refractivity contribution is 5.94. The number of aromatic nitrogens is 1. The van der Waals surface area contributed by atoms with Crippen molar-refractivity contribution in [3.63, 3.8) is 0 Å². The van der Waals surface area contributed by atoms with Gasteiger partial charge in [-0.05, 0) is 49.7 Å². The van der Waals surface area contributed by atoms with Gasteiger partial charge in [0.1, 0.15) is 11.8 Å². The van der Waals surface area contributed by atoms with E-state index in [4.69, 9.17) is 14.2 Å². The number of carbonyl (C=O) groups excluding carboxylic acids is 2. The molecule has 7 heteroatoms. The van der Waals surface area contributed by atoms with Gasteiger partial charge in [-0.1, -0.05) is 0 Å². The Morgan fingerprint density at radius 3 is 2.43 bits per heavy atom. The smallest absolute Gasteiger partial charge is 0.336 e. The van der Waals surface area contributed by atoms with Crippen LogP contribution in [0, 0.1) is 0 Å². The maximum atomic E-state index is 12.4. The van der Waals surface area contributed by atoms with Crippen molar-refractivity contribution in [3.8, 4) is 11.4 Å². The summed E-state index contributed by atoms with van der Waals surface area (Å²) in [5.41, 5.74) is 2.16. The van der Waals surface area contributed by atoms with E-state index in [2.05, 4.69) is 5.32 Å². The summed E-state index contributed by atoms with van der Waals surface area (Å²) >= 11 is 0. The maximum Gasteiger partial charge on any atom is 0.336 e. The van der Waals surface area contributed by atoms with Crippen molar-refractivity contribution in [3.05, 3.63) is 60.1 Å². The van der Waals surface area contributed by atoms with Gasteiger partial charge in [-0.15, -0.1) is 0 Å². The van der Waals surface area contributed by atoms with Gasteiger partial charge in [0.25, 0.3) is 0 Å². The van der Waals surface area contributed by atoms with E-state index in [0.717, 1.165) is 17.0 Å². The third kappa shape index (κ3) is 3.88. The lowest BCUT2D eigenvalue weighted by atomic mass is 9.89. The van der Waals surface area contributed by atoms with Gasteiger partial charge in [-0.2, -0.15) is 0 Å². The SMILES string of the molecule is CCOC(=O)C1=CNC(C(=O)OCC)C1c1ccn(-c2ccc(OC)cc2)c1. The molecule has 0 saturated heterocycles. The molecule has 2 unspecified atom stereocenters. The number of ether oxygens (including phenoxy) is 3. The molecule has 1 aromatic carbocycles. The number of benzene rings is 1. The Morgan fingerprint density at radius 1 is 1.07 bits per heavy atom. The van der Waals surface area contributed by atoms with Crippen molar-refractivity contribution in [2.75, 3.05) is 20.3 Å². The number of carbonyl (C=O) groups is 2. The van der Waals surface area contributed by atoms with E-state index in [9.17, 15) is 9.59 Å². The predicted octanol–water partition coefficient (Wildman–Crippen LogP) is 2.55. The minimum absolute atomic E-state index is 0.264. The molecular formula is C21H24N2O5. The highest BCUT2D eigenvalue weighted by atomic mass is 16.5. The first-order valence-electron chi connectivity index (χ1n) is 9.21. The molecule has 1 aliphatic heterocycles. The third-order valence-electron chi connectivity index (χ3n) is 4.58. The van der Waals surface area contributed by atoms with Gasteiger partial charge in [-0.3, -0.25) is 0 Å². The second kappa shape index (κ2) is 8.65. The summed E-state index contributed by atoms with van der Waals surface area (Å²) in [6.45, 7) is 4.03. The van der Waals surface area contributed by atoms with Gasteiger partial charge >= 0.3 is 11.9 Å². The van der Waals surface area contributed by atoms with Gasteiger partial charge < -0.3 is 24.1 Å². The largest absolute Gasteiger partial charge is 0.497 e. The van der Waals surface area contributed by atoms with E-state index in [1.807, 2.05) is 47.3 Å². The molecule has 0 aliphatic carbocycles. The molecule has 148 valence electrons. The number of nitrogens with zero attached hydrogens (tertiary/aromatic N) is 1. The lowest BCUT2D eigenvalue weighted by Gasteiger charge is -2.20. The van der Waals surface area contributed by atoms with Crippen molar-refractivity contribution in [1.82, 2.24) is 9.88 Å². The van der Waals surface area contributed by atoms with Crippen LogP contribution in [0.2, 0.25) is 0 Å². The topological polar surface area (TPSA) is 78.8 Å². The Kier molecular flexibility index (Phi) is 6.03. The molecule has 2 atom stereocenters. The van der Waals surface area contributed by atoms with Crippen LogP contribution in [-0.2, 0) is 19.1 Å². The Labute approximate surface area is 163 Å². The molecule has 1 aliphatic rings. The van der Waals surface area contributed by atoms with Crippen LogP contribution in [0.3, 0.4) is 0 Å². The summed E-state index contributed by atoms with van der Waals surface area (Å²) in [6, 6.07) is 8.82. The van der Waals surface area contributed by atoms with Crippen molar-refractivity contribution in [1.29, 1.82) is 0 Å². The van der Waals surface area contributed by atoms with Crippen molar-refractivity contribution >= 4 is 11.9 Å². The van der Waals surface area contributed by atoms with E-state index < -0.39 is 23.9 Å². The van der Waals surface area contributed by atoms with Gasteiger partial charge in [0.2, 0.25) is 0 Å². The third-order valence-corrected chi connectivity index (χ3v) is 4.58. The highest BCUT2D eigenvalue weighted by Crippen LogP contribution is 2.34. The van der Waals surface area contributed by atoms with Gasteiger partial charge in [-0.25, -0.2) is 9.59 Å². The maximum absolute atomic E-state index is 12.4. The number of hydrogen-bond acceptors (Lipinski definition) is 6. The number of rotatable bonds is 7. The van der Waals surface area contributed by atoms with E-state index >= 15 is 0 Å². The number of nitrogens with one attached hydrogen (secondary N) is 1. The van der Waals surface area contributed by atoms with Crippen molar-refractivity contribution < 1.29 is 23.8 Å². The van der Waals surface area contributed by atoms with Crippen LogP contribution in [-0.4, -0.2) is 42.9 Å². The highest BCUT2D eigenvalue weighted by Gasteiger charge is 2.41. The van der Waals surface area contributed by atoms with Gasteiger partial charge in [0, 0.05) is 24.3 Å². The molecule has 0 radical (unpaired) electrons. The Balaban J connectivity index is 1.91. The van der Waals surface area contributed by atoms with Crippen LogP contribution in [0.25, 0.3) is 5.69 Å². The fourth-order valence-electron chi connectivity index (χ4n) is 3.27. The van der Waals surface area contributed by atoms with Gasteiger partial charge in [0.15, 0.2) is 0 Å². The minimum atomic E-state index is -0.675. The standard InChI is InChI=1S/C21H24N2O5/c1-4-27-20(24)17-12-22-19(21(25)28-5-2)18(17)14-10-11-23(13-14)15-6-8-16(26-3)9-7-15/h6-13,18-19,22H,4-5H2,1-3H3. The number of esters is 2. The molecule has 2 heterocycles. The van der Waals surface area contributed by atoms with Crippen LogP contribution >= 0.6 is 0 Å². The lowest BCUT2D eigenvalue weighted by Crippen LogP contribution is -2.37. The molecule has 0 saturated carbocycles. The average molecular weight is 384 g/mol. The minimum Gasteiger partial charge on any atom is -0.497 e. The zero-order chi connectivity index (χ0) is 20.1. The Bertz CT molecular complexity index is 869. The van der Waals surface area contributed by atoms with Crippen LogP contribution < -0.4 is 10.1 Å². The fraction of sp³-hybridized carbons (Fsp3) is 0.333. The normalized spacial score (nSPS) is 18.2. The van der Waals surface area contributed by atoms with E-state index in [-0.39, 0.29) is 13.2 Å². The van der Waals surface area contributed by atoms with Gasteiger partial charge in [0.05, 0.1) is 31.8 Å². The van der Waals surface area contributed by atoms with Crippen LogP contribution in [0.5, 0.6) is 5.75 Å². The first kappa shape index (κ1) is 19.5. The Morgan fingerprint density at radius 2 is 1.79 bits per heavy atom. The quantitative estimate of drug-likeness (QED) is 0.739. The summed E-state index contributed by atoms with van der Waals surface area (Å²) in [5.74, 6) is -0.562. The zero-order valence-corrected chi connectivity index (χ0v) is 16.2. The average Bonchev–Trinajstić information content (AvgIpc) is 3.35. The summed E-state index contributed by atoms with van der Waals surface area (Å²) in [4.78, 5) is 24.8. The zero-order valence-electron chi connectivity index (χ0n) is 16.2. The lowest BCUT2D eigenvalue weighted by molar-refractivity contribution is -0.145. The molecule has 2 aromatic rings. The molecule has 7 nitrogen and oxygen atoms in total. The first-order chi connectivity index (χ1) is 13.6. The number of hydrogen-bond donors (Lipinski definition) is 1. The summed E-state index contributed by atoms with van der Waals surface area (Å²) in [6.07, 6.45) is 5.34. The second-order valence-corrected chi connectivity index (χ2v) is 6.24. The molecule has 0 amide bonds. The van der Waals surface area contributed by atoms with Crippen LogP contribution in [0.1, 0.15) is 25.3 Å². The molecular weight excluding hydrogens is 360 g/mol. The van der Waals surface area contributed by atoms with Crippen molar-refractivity contribution in [2.24, 2.45) is 0 Å². The fourth-order valence-corrected chi connectivity index (χ4v) is 3.27. The molecule has 0 bridgehead atoms. The monoisotopic (exact) mass is 384 g/mol. The summed E-state index contributed by atoms with van der Waals surface area (Å²) < 4.78 is 17.5. The number of methoxy groups -OCH3 is 1. The Hall–Kier alpha value is -3.22.